The third kappa shape index (κ3) is 3.17. The van der Waals surface area contributed by atoms with Gasteiger partial charge in [-0.2, -0.15) is 0 Å². The number of carbonyl (C=O) groups excluding carboxylic acids is 2. The molecule has 0 saturated heterocycles. The molecule has 124 valence electrons. The van der Waals surface area contributed by atoms with Gasteiger partial charge in [0.1, 0.15) is 5.82 Å². The molecule has 0 radical (unpaired) electrons. The molecule has 0 atom stereocenters. The van der Waals surface area contributed by atoms with Crippen molar-refractivity contribution in [2.24, 2.45) is 0 Å². The van der Waals surface area contributed by atoms with E-state index >= 15 is 0 Å². The summed E-state index contributed by atoms with van der Waals surface area (Å²) >= 11 is 0. The van der Waals surface area contributed by atoms with Gasteiger partial charge in [-0.15, -0.1) is 10.2 Å². The van der Waals surface area contributed by atoms with Crippen molar-refractivity contribution in [1.29, 1.82) is 0 Å². The number of hydrogen-bond donors (Lipinski definition) is 2. The molecule has 0 spiro atoms. The maximum Gasteiger partial charge on any atom is 0.276 e. The van der Waals surface area contributed by atoms with E-state index in [-0.39, 0.29) is 17.3 Å². The summed E-state index contributed by atoms with van der Waals surface area (Å²) in [5.74, 6) is -0.703. The Morgan fingerprint density at radius 3 is 2.71 bits per heavy atom. The topological polar surface area (TPSA) is 87.2 Å². The van der Waals surface area contributed by atoms with E-state index in [0.717, 1.165) is 5.56 Å². The number of aromatic nitrogens is 2. The smallest absolute Gasteiger partial charge is 0.276 e. The number of rotatable bonds is 3. The number of carbonyl (C=O) groups is 2. The molecule has 8 heteroatoms. The Morgan fingerprint density at radius 1 is 1.25 bits per heavy atom. The van der Waals surface area contributed by atoms with Gasteiger partial charge in [0.15, 0.2) is 11.5 Å². The molecule has 2 amide bonds. The van der Waals surface area contributed by atoms with Crippen LogP contribution in [-0.4, -0.2) is 36.1 Å². The monoisotopic (exact) mass is 329 g/mol. The molecule has 0 unspecified atom stereocenters. The lowest BCUT2D eigenvalue weighted by Gasteiger charge is -2.18. The Labute approximate surface area is 137 Å². The molecular formula is C16H16FN5O2. The number of nitrogens with zero attached hydrogens (tertiary/aromatic N) is 3. The fraction of sp³-hybridized carbons (Fsp3) is 0.250. The van der Waals surface area contributed by atoms with Crippen LogP contribution in [0.2, 0.25) is 0 Å². The van der Waals surface area contributed by atoms with E-state index in [1.165, 1.54) is 18.2 Å². The van der Waals surface area contributed by atoms with Gasteiger partial charge in [0.2, 0.25) is 5.91 Å². The van der Waals surface area contributed by atoms with Crippen LogP contribution < -0.4 is 15.5 Å². The highest BCUT2D eigenvalue weighted by Gasteiger charge is 2.19. The van der Waals surface area contributed by atoms with Gasteiger partial charge >= 0.3 is 0 Å². The van der Waals surface area contributed by atoms with Crippen LogP contribution in [0.15, 0.2) is 24.3 Å². The van der Waals surface area contributed by atoms with Crippen molar-refractivity contribution < 1.29 is 14.0 Å². The van der Waals surface area contributed by atoms with E-state index in [2.05, 4.69) is 20.8 Å². The third-order valence-corrected chi connectivity index (χ3v) is 3.68. The zero-order valence-electron chi connectivity index (χ0n) is 13.3. The predicted molar refractivity (Wildman–Crippen MR) is 87.7 cm³/mol. The van der Waals surface area contributed by atoms with Crippen LogP contribution in [0.5, 0.6) is 0 Å². The van der Waals surface area contributed by atoms with Crippen molar-refractivity contribution in [3.63, 3.8) is 0 Å². The summed E-state index contributed by atoms with van der Waals surface area (Å²) in [5.41, 5.74) is 1.36. The van der Waals surface area contributed by atoms with Crippen molar-refractivity contribution in [3.8, 4) is 0 Å². The van der Waals surface area contributed by atoms with Crippen molar-refractivity contribution in [2.45, 2.75) is 12.8 Å². The van der Waals surface area contributed by atoms with Gasteiger partial charge in [-0.05, 0) is 36.2 Å². The fourth-order valence-corrected chi connectivity index (χ4v) is 2.37. The highest BCUT2D eigenvalue weighted by atomic mass is 19.1. The van der Waals surface area contributed by atoms with Crippen LogP contribution in [0.4, 0.5) is 21.6 Å². The minimum atomic E-state index is -0.623. The number of fused-ring (bicyclic) bond motifs is 1. The van der Waals surface area contributed by atoms with E-state index in [4.69, 9.17) is 0 Å². The molecule has 0 fully saturated rings. The maximum atomic E-state index is 14.1. The summed E-state index contributed by atoms with van der Waals surface area (Å²) in [4.78, 5) is 25.3. The van der Waals surface area contributed by atoms with Gasteiger partial charge in [-0.25, -0.2) is 4.39 Å². The van der Waals surface area contributed by atoms with E-state index in [1.54, 1.807) is 11.0 Å². The Kier molecular flexibility index (Phi) is 4.11. The van der Waals surface area contributed by atoms with Crippen LogP contribution in [0.25, 0.3) is 0 Å². The zero-order chi connectivity index (χ0) is 17.3. The summed E-state index contributed by atoms with van der Waals surface area (Å²) in [6.07, 6.45) is 0.838. The molecular weight excluding hydrogens is 313 g/mol. The Bertz CT molecular complexity index is 805. The maximum absolute atomic E-state index is 14.1. The number of nitrogens with one attached hydrogen (secondary N) is 2. The average Bonchev–Trinajstić information content (AvgIpc) is 2.55. The lowest BCUT2D eigenvalue weighted by Crippen LogP contribution is -2.21. The van der Waals surface area contributed by atoms with E-state index < -0.39 is 11.7 Å². The van der Waals surface area contributed by atoms with Crippen molar-refractivity contribution in [2.75, 3.05) is 29.6 Å². The molecule has 2 N–H and O–H groups in total. The van der Waals surface area contributed by atoms with Gasteiger partial charge < -0.3 is 15.5 Å². The second-order valence-electron chi connectivity index (χ2n) is 5.66. The van der Waals surface area contributed by atoms with E-state index in [0.29, 0.717) is 24.3 Å². The Morgan fingerprint density at radius 2 is 2.04 bits per heavy atom. The first-order valence-electron chi connectivity index (χ1n) is 7.38. The molecule has 0 saturated carbocycles. The molecule has 1 aliphatic rings. The van der Waals surface area contributed by atoms with Gasteiger partial charge in [-0.3, -0.25) is 9.59 Å². The molecule has 1 aromatic carbocycles. The number of benzene rings is 1. The fourth-order valence-electron chi connectivity index (χ4n) is 2.37. The number of halogens is 1. The summed E-state index contributed by atoms with van der Waals surface area (Å²) in [6.45, 7) is 0. The van der Waals surface area contributed by atoms with Crippen molar-refractivity contribution in [3.05, 3.63) is 41.3 Å². The highest BCUT2D eigenvalue weighted by molar-refractivity contribution is 6.03. The molecule has 1 aliphatic heterocycles. The van der Waals surface area contributed by atoms with Crippen LogP contribution in [0, 0.1) is 5.82 Å². The number of hydrogen-bond acceptors (Lipinski definition) is 5. The quantitative estimate of drug-likeness (QED) is 0.897. The SMILES string of the molecule is CN(C)c1ccc(C(=O)Nc2cc3c(cc2F)NC(=O)CC3)nn1. The lowest BCUT2D eigenvalue weighted by molar-refractivity contribution is -0.116. The predicted octanol–water partition coefficient (Wildman–Crippen LogP) is 1.82. The zero-order valence-corrected chi connectivity index (χ0v) is 13.3. The van der Waals surface area contributed by atoms with Crippen molar-refractivity contribution in [1.82, 2.24) is 10.2 Å². The standard InChI is InChI=1S/C16H16FN5O2/c1-22(2)14-5-4-11(20-21-14)16(24)19-13-7-9-3-6-15(23)18-12(9)8-10(13)17/h4-5,7-8H,3,6H2,1-2H3,(H,18,23)(H,19,24). The number of anilines is 3. The van der Waals surface area contributed by atoms with Gasteiger partial charge in [0.25, 0.3) is 5.91 Å². The first kappa shape index (κ1) is 15.9. The Balaban J connectivity index is 1.80. The minimum Gasteiger partial charge on any atom is -0.361 e. The lowest BCUT2D eigenvalue weighted by atomic mass is 10.0. The van der Waals surface area contributed by atoms with Crippen LogP contribution in [0.1, 0.15) is 22.5 Å². The highest BCUT2D eigenvalue weighted by Crippen LogP contribution is 2.28. The van der Waals surface area contributed by atoms with Crippen LogP contribution in [0.3, 0.4) is 0 Å². The molecule has 3 rings (SSSR count). The summed E-state index contributed by atoms with van der Waals surface area (Å²) in [7, 11) is 3.62. The largest absolute Gasteiger partial charge is 0.361 e. The van der Waals surface area contributed by atoms with E-state index in [9.17, 15) is 14.0 Å². The normalized spacial score (nSPS) is 13.0. The molecule has 7 nitrogen and oxygen atoms in total. The molecule has 0 bridgehead atoms. The number of aryl methyl sites for hydroxylation is 1. The third-order valence-electron chi connectivity index (χ3n) is 3.68. The first-order valence-corrected chi connectivity index (χ1v) is 7.38. The molecule has 24 heavy (non-hydrogen) atoms. The van der Waals surface area contributed by atoms with Crippen LogP contribution >= 0.6 is 0 Å². The first-order chi connectivity index (χ1) is 11.4. The summed E-state index contributed by atoms with van der Waals surface area (Å²) < 4.78 is 14.1. The van der Waals surface area contributed by atoms with Gasteiger partial charge in [0, 0.05) is 26.2 Å². The molecule has 1 aromatic heterocycles. The van der Waals surface area contributed by atoms with E-state index in [1.807, 2.05) is 14.1 Å². The minimum absolute atomic E-state index is 0.0494. The summed E-state index contributed by atoms with van der Waals surface area (Å²) in [5, 5.41) is 12.9. The van der Waals surface area contributed by atoms with Gasteiger partial charge in [-0.1, -0.05) is 0 Å². The second-order valence-corrected chi connectivity index (χ2v) is 5.66. The molecule has 2 aromatic rings. The summed E-state index contributed by atoms with van der Waals surface area (Å²) in [6, 6.07) is 5.92. The average molecular weight is 329 g/mol. The Hall–Kier alpha value is -3.03. The number of amides is 2. The molecule has 0 aliphatic carbocycles. The van der Waals surface area contributed by atoms with Crippen molar-refractivity contribution >= 4 is 29.0 Å². The van der Waals surface area contributed by atoms with Gasteiger partial charge in [0.05, 0.1) is 5.69 Å². The van der Waals surface area contributed by atoms with Crippen LogP contribution in [-0.2, 0) is 11.2 Å². The second kappa shape index (κ2) is 6.23. The molecule has 2 heterocycles.